The van der Waals surface area contributed by atoms with Gasteiger partial charge in [-0.05, 0) is 44.2 Å². The Hall–Kier alpha value is -2.76. The Bertz CT molecular complexity index is 603. The summed E-state index contributed by atoms with van der Waals surface area (Å²) in [6.45, 7) is 3.85. The molecule has 1 heterocycles. The molecule has 0 saturated heterocycles. The molecule has 0 unspecified atom stereocenters. The second-order valence-electron chi connectivity index (χ2n) is 4.61. The van der Waals surface area contributed by atoms with E-state index in [1.165, 1.54) is 18.6 Å². The van der Waals surface area contributed by atoms with Gasteiger partial charge in [0.05, 0.1) is 17.9 Å². The summed E-state index contributed by atoms with van der Waals surface area (Å²) < 4.78 is 10.3. The molecule has 1 aromatic heterocycles. The summed E-state index contributed by atoms with van der Waals surface area (Å²) >= 11 is 0. The number of benzene rings is 1. The van der Waals surface area contributed by atoms with Gasteiger partial charge in [0.2, 0.25) is 0 Å². The maximum absolute atomic E-state index is 11.9. The van der Waals surface area contributed by atoms with E-state index in [9.17, 15) is 9.59 Å². The first-order valence-corrected chi connectivity index (χ1v) is 6.46. The van der Waals surface area contributed by atoms with Crippen molar-refractivity contribution in [3.05, 3.63) is 54.0 Å². The van der Waals surface area contributed by atoms with E-state index in [1.54, 1.807) is 24.3 Å². The maximum Gasteiger partial charge on any atom is 0.272 e. The van der Waals surface area contributed by atoms with E-state index in [2.05, 4.69) is 10.9 Å². The quantitative estimate of drug-likeness (QED) is 0.845. The molecular weight excluding hydrogens is 272 g/mol. The standard InChI is InChI=1S/C15H16N2O4/c1-10(2)21-13-5-3-11(4-6-13)14(18)16-17-15(19)12-7-8-20-9-12/h3-10H,1-2H3,(H,16,18)(H,17,19). The molecule has 21 heavy (non-hydrogen) atoms. The van der Waals surface area contributed by atoms with Crippen molar-refractivity contribution in [2.75, 3.05) is 0 Å². The first kappa shape index (κ1) is 14.6. The molecule has 2 aromatic rings. The summed E-state index contributed by atoms with van der Waals surface area (Å²) in [5.41, 5.74) is 5.37. The third kappa shape index (κ3) is 4.10. The summed E-state index contributed by atoms with van der Waals surface area (Å²) in [6, 6.07) is 8.15. The lowest BCUT2D eigenvalue weighted by Crippen LogP contribution is -2.41. The largest absolute Gasteiger partial charge is 0.491 e. The van der Waals surface area contributed by atoms with Crippen LogP contribution >= 0.6 is 0 Å². The normalized spacial score (nSPS) is 10.2. The third-order valence-corrected chi connectivity index (χ3v) is 2.56. The average molecular weight is 288 g/mol. The van der Waals surface area contributed by atoms with E-state index in [4.69, 9.17) is 9.15 Å². The highest BCUT2D eigenvalue weighted by Gasteiger charge is 2.10. The van der Waals surface area contributed by atoms with Gasteiger partial charge in [-0.2, -0.15) is 0 Å². The van der Waals surface area contributed by atoms with E-state index in [0.29, 0.717) is 16.9 Å². The maximum atomic E-state index is 11.9. The van der Waals surface area contributed by atoms with Crippen LogP contribution in [0.1, 0.15) is 34.6 Å². The third-order valence-electron chi connectivity index (χ3n) is 2.56. The van der Waals surface area contributed by atoms with Crippen LogP contribution in [0, 0.1) is 0 Å². The van der Waals surface area contributed by atoms with Crippen LogP contribution < -0.4 is 15.6 Å². The lowest BCUT2D eigenvalue weighted by Gasteiger charge is -2.10. The van der Waals surface area contributed by atoms with Crippen LogP contribution in [0.25, 0.3) is 0 Å². The van der Waals surface area contributed by atoms with Crippen LogP contribution in [0.15, 0.2) is 47.3 Å². The highest BCUT2D eigenvalue weighted by atomic mass is 16.5. The number of carbonyl (C=O) groups is 2. The molecule has 0 radical (unpaired) electrons. The number of carbonyl (C=O) groups excluding carboxylic acids is 2. The SMILES string of the molecule is CC(C)Oc1ccc(C(=O)NNC(=O)c2ccoc2)cc1. The van der Waals surface area contributed by atoms with Crippen molar-refractivity contribution in [3.8, 4) is 5.75 Å². The highest BCUT2D eigenvalue weighted by Crippen LogP contribution is 2.13. The molecular formula is C15H16N2O4. The summed E-state index contributed by atoms with van der Waals surface area (Å²) in [5, 5.41) is 0. The summed E-state index contributed by atoms with van der Waals surface area (Å²) in [5.74, 6) is -0.177. The van der Waals surface area contributed by atoms with E-state index >= 15 is 0 Å². The van der Waals surface area contributed by atoms with Crippen LogP contribution in [0.2, 0.25) is 0 Å². The summed E-state index contributed by atoms with van der Waals surface area (Å²) in [6.07, 6.45) is 2.74. The van der Waals surface area contributed by atoms with Gasteiger partial charge in [-0.1, -0.05) is 0 Å². The number of ether oxygens (including phenoxy) is 1. The fourth-order valence-corrected chi connectivity index (χ4v) is 1.61. The van der Waals surface area contributed by atoms with Crippen molar-refractivity contribution in [3.63, 3.8) is 0 Å². The lowest BCUT2D eigenvalue weighted by molar-refractivity contribution is 0.0846. The molecule has 0 aliphatic heterocycles. The molecule has 0 fully saturated rings. The molecule has 0 bridgehead atoms. The van der Waals surface area contributed by atoms with Crippen molar-refractivity contribution in [2.24, 2.45) is 0 Å². The van der Waals surface area contributed by atoms with Gasteiger partial charge in [-0.3, -0.25) is 20.4 Å². The van der Waals surface area contributed by atoms with Gasteiger partial charge in [0.15, 0.2) is 0 Å². The van der Waals surface area contributed by atoms with Gasteiger partial charge in [0.25, 0.3) is 11.8 Å². The number of amides is 2. The van der Waals surface area contributed by atoms with E-state index < -0.39 is 11.8 Å². The second-order valence-corrected chi connectivity index (χ2v) is 4.61. The molecule has 6 nitrogen and oxygen atoms in total. The fraction of sp³-hybridized carbons (Fsp3) is 0.200. The van der Waals surface area contributed by atoms with Crippen LogP contribution in [0.3, 0.4) is 0 Å². The Balaban J connectivity index is 1.90. The zero-order valence-electron chi connectivity index (χ0n) is 11.8. The summed E-state index contributed by atoms with van der Waals surface area (Å²) in [4.78, 5) is 23.5. The predicted molar refractivity (Wildman–Crippen MR) is 75.8 cm³/mol. The Morgan fingerprint density at radius 2 is 1.62 bits per heavy atom. The molecule has 6 heteroatoms. The van der Waals surface area contributed by atoms with E-state index in [1.807, 2.05) is 13.8 Å². The topological polar surface area (TPSA) is 80.6 Å². The number of rotatable bonds is 4. The molecule has 0 spiro atoms. The Morgan fingerprint density at radius 3 is 2.14 bits per heavy atom. The zero-order valence-corrected chi connectivity index (χ0v) is 11.8. The van der Waals surface area contributed by atoms with Crippen LogP contribution in [0.4, 0.5) is 0 Å². The minimum absolute atomic E-state index is 0.0684. The molecule has 0 saturated carbocycles. The number of furan rings is 1. The van der Waals surface area contributed by atoms with Crippen LogP contribution in [-0.2, 0) is 0 Å². The second kappa shape index (κ2) is 6.60. The van der Waals surface area contributed by atoms with E-state index in [-0.39, 0.29) is 6.10 Å². The van der Waals surface area contributed by atoms with Gasteiger partial charge in [0.1, 0.15) is 12.0 Å². The van der Waals surface area contributed by atoms with Crippen molar-refractivity contribution in [1.29, 1.82) is 0 Å². The van der Waals surface area contributed by atoms with Gasteiger partial charge in [-0.25, -0.2) is 0 Å². The van der Waals surface area contributed by atoms with Gasteiger partial charge >= 0.3 is 0 Å². The average Bonchev–Trinajstić information content (AvgIpc) is 2.99. The monoisotopic (exact) mass is 288 g/mol. The Kier molecular flexibility index (Phi) is 4.61. The molecule has 110 valence electrons. The van der Waals surface area contributed by atoms with Gasteiger partial charge in [-0.15, -0.1) is 0 Å². The molecule has 2 amide bonds. The minimum atomic E-state index is -0.447. The first-order chi connectivity index (χ1) is 10.1. The smallest absolute Gasteiger partial charge is 0.272 e. The predicted octanol–water partition coefficient (Wildman–Crippen LogP) is 2.14. The van der Waals surface area contributed by atoms with Crippen molar-refractivity contribution in [1.82, 2.24) is 10.9 Å². The first-order valence-electron chi connectivity index (χ1n) is 6.46. The number of hydrogen-bond acceptors (Lipinski definition) is 4. The molecule has 2 N–H and O–H groups in total. The summed E-state index contributed by atoms with van der Waals surface area (Å²) in [7, 11) is 0. The fourth-order valence-electron chi connectivity index (χ4n) is 1.61. The number of hydrogen-bond donors (Lipinski definition) is 2. The molecule has 2 rings (SSSR count). The number of nitrogens with one attached hydrogen (secondary N) is 2. The van der Waals surface area contributed by atoms with Gasteiger partial charge in [0, 0.05) is 5.56 Å². The molecule has 0 atom stereocenters. The van der Waals surface area contributed by atoms with Crippen molar-refractivity contribution in [2.45, 2.75) is 20.0 Å². The van der Waals surface area contributed by atoms with Crippen molar-refractivity contribution >= 4 is 11.8 Å². The molecule has 1 aromatic carbocycles. The molecule has 0 aliphatic carbocycles. The Labute approximate surface area is 122 Å². The van der Waals surface area contributed by atoms with E-state index in [0.717, 1.165) is 0 Å². The molecule has 0 aliphatic rings. The Morgan fingerprint density at radius 1 is 1.00 bits per heavy atom. The van der Waals surface area contributed by atoms with Crippen molar-refractivity contribution < 1.29 is 18.7 Å². The highest BCUT2D eigenvalue weighted by molar-refractivity contribution is 5.98. The minimum Gasteiger partial charge on any atom is -0.491 e. The van der Waals surface area contributed by atoms with Crippen LogP contribution in [0.5, 0.6) is 5.75 Å². The van der Waals surface area contributed by atoms with Crippen LogP contribution in [-0.4, -0.2) is 17.9 Å². The van der Waals surface area contributed by atoms with Gasteiger partial charge < -0.3 is 9.15 Å². The zero-order chi connectivity index (χ0) is 15.2. The number of hydrazine groups is 1. The lowest BCUT2D eigenvalue weighted by atomic mass is 10.2.